The Bertz CT molecular complexity index is 1450. The molecular formula is C30H36O9S. The molecule has 0 radical (unpaired) electrons. The van der Waals surface area contributed by atoms with Gasteiger partial charge in [0.1, 0.15) is 36.9 Å². The Morgan fingerprint density at radius 1 is 0.875 bits per heavy atom. The zero-order valence-corrected chi connectivity index (χ0v) is 24.1. The molecule has 9 nitrogen and oxygen atoms in total. The van der Waals surface area contributed by atoms with Crippen LogP contribution in [0.5, 0.6) is 11.5 Å². The number of carbonyl (C=O) groups excluding carboxylic acids is 2. The largest absolute Gasteiger partial charge is 0.489 e. The fraction of sp³-hybridized carbons (Fsp3) is 0.400. The molecule has 0 spiro atoms. The van der Waals surface area contributed by atoms with Crippen molar-refractivity contribution in [3.63, 3.8) is 0 Å². The summed E-state index contributed by atoms with van der Waals surface area (Å²) in [6.45, 7) is 14.2. The summed E-state index contributed by atoms with van der Waals surface area (Å²) >= 11 is 0. The van der Waals surface area contributed by atoms with Gasteiger partial charge in [-0.15, -0.1) is 0 Å². The first kappa shape index (κ1) is 30.9. The molecule has 1 N–H and O–H groups in total. The first-order chi connectivity index (χ1) is 18.9. The Hall–Kier alpha value is -3.63. The molecule has 0 fully saturated rings. The fourth-order valence-electron chi connectivity index (χ4n) is 4.20. The van der Waals surface area contributed by atoms with Gasteiger partial charge in [0.05, 0.1) is 4.91 Å². The normalized spacial score (nSPS) is 14.4. The maximum atomic E-state index is 12.1. The number of hydrogen-bond donors (Lipinski definition) is 1. The summed E-state index contributed by atoms with van der Waals surface area (Å²) in [6, 6.07) is 7.34. The molecule has 0 heterocycles. The van der Waals surface area contributed by atoms with Crippen LogP contribution < -0.4 is 9.47 Å². The van der Waals surface area contributed by atoms with Crippen molar-refractivity contribution in [2.24, 2.45) is 0 Å². The summed E-state index contributed by atoms with van der Waals surface area (Å²) in [6.07, 6.45) is 1.38. The molecule has 1 aliphatic rings. The third-order valence-corrected chi connectivity index (χ3v) is 7.50. The van der Waals surface area contributed by atoms with E-state index in [-0.39, 0.29) is 42.1 Å². The standard InChI is InChI=1S/C30H36O9S/c1-7-20(38-29(31)18(3)4)16-36-27-23-11-9-10-12-24(23)28(37-17-21(8-2)39-30(32)19(5)6)26-15-22(40(33,34)35)13-14-25(26)27/h9-13,20-21H,3,5,7-8,14-17H2,1-2,4,6H3,(H,33,34,35). The van der Waals surface area contributed by atoms with Crippen LogP contribution in [0.25, 0.3) is 10.8 Å². The minimum absolute atomic E-state index is 0.0197. The number of benzene rings is 2. The van der Waals surface area contributed by atoms with E-state index in [4.69, 9.17) is 18.9 Å². The van der Waals surface area contributed by atoms with E-state index in [9.17, 15) is 22.6 Å². The van der Waals surface area contributed by atoms with E-state index in [1.54, 1.807) is 13.8 Å². The van der Waals surface area contributed by atoms with Crippen molar-refractivity contribution in [3.05, 3.63) is 70.7 Å². The van der Waals surface area contributed by atoms with E-state index in [0.717, 1.165) is 0 Å². The van der Waals surface area contributed by atoms with Gasteiger partial charge < -0.3 is 18.9 Å². The Kier molecular flexibility index (Phi) is 10.2. The van der Waals surface area contributed by atoms with E-state index >= 15 is 0 Å². The number of ether oxygens (including phenoxy) is 4. The molecule has 3 rings (SSSR count). The van der Waals surface area contributed by atoms with Gasteiger partial charge >= 0.3 is 11.9 Å². The van der Waals surface area contributed by atoms with E-state index < -0.39 is 34.3 Å². The Balaban J connectivity index is 2.06. The molecule has 0 amide bonds. The molecule has 0 aromatic heterocycles. The summed E-state index contributed by atoms with van der Waals surface area (Å²) in [5.74, 6) is -0.114. The van der Waals surface area contributed by atoms with Crippen LogP contribution in [0.4, 0.5) is 0 Å². The summed E-state index contributed by atoms with van der Waals surface area (Å²) in [7, 11) is -4.44. The lowest BCUT2D eigenvalue weighted by molar-refractivity contribution is -0.146. The molecule has 0 saturated carbocycles. The van der Waals surface area contributed by atoms with Gasteiger partial charge in [0, 0.05) is 39.5 Å². The monoisotopic (exact) mass is 572 g/mol. The summed E-state index contributed by atoms with van der Waals surface area (Å²) in [4.78, 5) is 24.0. The van der Waals surface area contributed by atoms with E-state index in [1.165, 1.54) is 6.08 Å². The number of hydrogen-bond acceptors (Lipinski definition) is 8. The van der Waals surface area contributed by atoms with Gasteiger partial charge in [-0.3, -0.25) is 4.55 Å². The topological polar surface area (TPSA) is 125 Å². The van der Waals surface area contributed by atoms with Crippen LogP contribution in [0.3, 0.4) is 0 Å². The molecule has 2 atom stereocenters. The smallest absolute Gasteiger partial charge is 0.333 e. The molecule has 0 bridgehead atoms. The van der Waals surface area contributed by atoms with Gasteiger partial charge in [-0.05, 0) is 33.1 Å². The van der Waals surface area contributed by atoms with Crippen LogP contribution in [0.15, 0.2) is 59.6 Å². The Labute approximate surface area is 235 Å². The summed E-state index contributed by atoms with van der Waals surface area (Å²) in [5.41, 5.74) is 1.78. The molecule has 10 heteroatoms. The van der Waals surface area contributed by atoms with Gasteiger partial charge in [0.15, 0.2) is 0 Å². The predicted molar refractivity (Wildman–Crippen MR) is 152 cm³/mol. The highest BCUT2D eigenvalue weighted by Crippen LogP contribution is 2.44. The number of rotatable bonds is 13. The highest BCUT2D eigenvalue weighted by molar-refractivity contribution is 7.89. The highest BCUT2D eigenvalue weighted by Gasteiger charge is 2.29. The molecule has 2 aromatic rings. The van der Waals surface area contributed by atoms with Gasteiger partial charge in [-0.25, -0.2) is 9.59 Å². The lowest BCUT2D eigenvalue weighted by Crippen LogP contribution is -2.26. The Morgan fingerprint density at radius 2 is 1.32 bits per heavy atom. The minimum atomic E-state index is -4.44. The van der Waals surface area contributed by atoms with Crippen molar-refractivity contribution >= 4 is 32.8 Å². The molecule has 40 heavy (non-hydrogen) atoms. The maximum Gasteiger partial charge on any atom is 0.333 e. The molecular weight excluding hydrogens is 536 g/mol. The highest BCUT2D eigenvalue weighted by atomic mass is 32.2. The van der Waals surface area contributed by atoms with Gasteiger partial charge in [0.25, 0.3) is 10.1 Å². The second-order valence-corrected chi connectivity index (χ2v) is 11.2. The van der Waals surface area contributed by atoms with Crippen LogP contribution >= 0.6 is 0 Å². The number of fused-ring (bicyclic) bond motifs is 2. The van der Waals surface area contributed by atoms with Crippen LogP contribution in [-0.4, -0.2) is 50.3 Å². The summed E-state index contributed by atoms with van der Waals surface area (Å²) < 4.78 is 57.4. The van der Waals surface area contributed by atoms with Gasteiger partial charge in [-0.2, -0.15) is 8.42 Å². The van der Waals surface area contributed by atoms with E-state index in [2.05, 4.69) is 13.2 Å². The van der Waals surface area contributed by atoms with Crippen molar-refractivity contribution < 1.29 is 41.5 Å². The predicted octanol–water partition coefficient (Wildman–Crippen LogP) is 5.26. The quantitative estimate of drug-likeness (QED) is 0.194. The van der Waals surface area contributed by atoms with Crippen molar-refractivity contribution in [1.82, 2.24) is 0 Å². The Morgan fingerprint density at radius 3 is 1.73 bits per heavy atom. The average molecular weight is 573 g/mol. The SMILES string of the molecule is C=C(C)C(=O)OC(CC)COc1c2c(c(OCC(CC)OC(=O)C(=C)C)c3ccccc13)CC(S(=O)(=O)O)=CC2. The third-order valence-electron chi connectivity index (χ3n) is 6.53. The average Bonchev–Trinajstić information content (AvgIpc) is 2.91. The second-order valence-electron chi connectivity index (χ2n) is 9.74. The molecule has 2 unspecified atom stereocenters. The minimum Gasteiger partial charge on any atom is -0.489 e. The van der Waals surface area contributed by atoms with E-state index in [0.29, 0.717) is 46.2 Å². The zero-order valence-electron chi connectivity index (χ0n) is 23.3. The van der Waals surface area contributed by atoms with Gasteiger partial charge in [0.2, 0.25) is 0 Å². The first-order valence-electron chi connectivity index (χ1n) is 13.1. The van der Waals surface area contributed by atoms with Crippen molar-refractivity contribution in [3.8, 4) is 11.5 Å². The zero-order chi connectivity index (χ0) is 29.6. The van der Waals surface area contributed by atoms with Crippen LogP contribution in [-0.2, 0) is 42.0 Å². The molecule has 2 aromatic carbocycles. The lowest BCUT2D eigenvalue weighted by atomic mass is 9.90. The molecule has 0 saturated heterocycles. The molecule has 0 aliphatic heterocycles. The number of esters is 2. The van der Waals surface area contributed by atoms with Crippen molar-refractivity contribution in [2.75, 3.05) is 13.2 Å². The van der Waals surface area contributed by atoms with Crippen molar-refractivity contribution in [1.29, 1.82) is 0 Å². The molecule has 1 aliphatic carbocycles. The van der Waals surface area contributed by atoms with Crippen LogP contribution in [0, 0.1) is 0 Å². The number of carbonyl (C=O) groups is 2. The van der Waals surface area contributed by atoms with E-state index in [1.807, 2.05) is 38.1 Å². The third kappa shape index (κ3) is 7.31. The van der Waals surface area contributed by atoms with Crippen LogP contribution in [0.1, 0.15) is 51.7 Å². The summed E-state index contributed by atoms with van der Waals surface area (Å²) in [5, 5.41) is 1.37. The van der Waals surface area contributed by atoms with Crippen LogP contribution in [0.2, 0.25) is 0 Å². The number of allylic oxidation sites excluding steroid dienone is 2. The lowest BCUT2D eigenvalue weighted by Gasteiger charge is -2.27. The first-order valence-corrected chi connectivity index (χ1v) is 14.5. The van der Waals surface area contributed by atoms with Crippen molar-refractivity contribution in [2.45, 2.75) is 65.6 Å². The second kappa shape index (κ2) is 13.1. The molecule has 216 valence electrons. The fourth-order valence-corrected chi connectivity index (χ4v) is 4.82. The van der Waals surface area contributed by atoms with Gasteiger partial charge in [-0.1, -0.05) is 57.3 Å². The maximum absolute atomic E-state index is 12.1.